The molecule has 16 heavy (non-hydrogen) atoms. The summed E-state index contributed by atoms with van der Waals surface area (Å²) in [5, 5.41) is 0. The zero-order valence-corrected chi connectivity index (χ0v) is 11.1. The van der Waals surface area contributed by atoms with Crippen LogP contribution in [-0.2, 0) is 12.8 Å². The Morgan fingerprint density at radius 1 is 1.31 bits per heavy atom. The van der Waals surface area contributed by atoms with E-state index in [1.54, 1.807) is 0 Å². The van der Waals surface area contributed by atoms with Crippen LogP contribution in [0.4, 0.5) is 0 Å². The van der Waals surface area contributed by atoms with Crippen LogP contribution >= 0.6 is 15.9 Å². The van der Waals surface area contributed by atoms with Crippen molar-refractivity contribution in [2.45, 2.75) is 32.1 Å². The maximum Gasteiger partial charge on any atom is 0.136 e. The first-order valence-corrected chi connectivity index (χ1v) is 6.74. The summed E-state index contributed by atoms with van der Waals surface area (Å²) in [4.78, 5) is 0. The van der Waals surface area contributed by atoms with Crippen molar-refractivity contribution in [2.24, 2.45) is 5.73 Å². The average Bonchev–Trinajstić information content (AvgIpc) is 2.30. The lowest BCUT2D eigenvalue weighted by molar-refractivity contribution is 0.286. The van der Waals surface area contributed by atoms with Gasteiger partial charge in [0.25, 0.3) is 0 Å². The SMILES string of the molecule is NCCCCc1cc(Br)c2c(c1)CCCO2. The fourth-order valence-corrected chi connectivity index (χ4v) is 2.78. The molecule has 1 aromatic carbocycles. The Labute approximate surface area is 105 Å². The Kier molecular flexibility index (Phi) is 4.24. The smallest absolute Gasteiger partial charge is 0.136 e. The van der Waals surface area contributed by atoms with E-state index in [9.17, 15) is 0 Å². The number of ether oxygens (including phenoxy) is 1. The van der Waals surface area contributed by atoms with E-state index < -0.39 is 0 Å². The van der Waals surface area contributed by atoms with E-state index in [2.05, 4.69) is 28.1 Å². The highest BCUT2D eigenvalue weighted by Gasteiger charge is 2.14. The molecular weight excluding hydrogens is 266 g/mol. The third-order valence-electron chi connectivity index (χ3n) is 2.94. The minimum atomic E-state index is 0.787. The Balaban J connectivity index is 2.12. The first-order valence-electron chi connectivity index (χ1n) is 5.95. The van der Waals surface area contributed by atoms with Crippen LogP contribution in [0.5, 0.6) is 5.75 Å². The normalized spacial score (nSPS) is 14.4. The lowest BCUT2D eigenvalue weighted by atomic mass is 10.0. The number of nitrogens with two attached hydrogens (primary N) is 1. The second kappa shape index (κ2) is 5.69. The summed E-state index contributed by atoms with van der Waals surface area (Å²) in [6.45, 7) is 1.63. The van der Waals surface area contributed by atoms with Crippen molar-refractivity contribution in [2.75, 3.05) is 13.2 Å². The third-order valence-corrected chi connectivity index (χ3v) is 3.53. The van der Waals surface area contributed by atoms with Gasteiger partial charge in [0.2, 0.25) is 0 Å². The molecule has 2 rings (SSSR count). The molecule has 1 aliphatic rings. The van der Waals surface area contributed by atoms with Gasteiger partial charge in [-0.15, -0.1) is 0 Å². The molecule has 0 fully saturated rings. The lowest BCUT2D eigenvalue weighted by Gasteiger charge is -2.19. The van der Waals surface area contributed by atoms with E-state index in [1.807, 2.05) is 0 Å². The van der Waals surface area contributed by atoms with Gasteiger partial charge >= 0.3 is 0 Å². The van der Waals surface area contributed by atoms with Gasteiger partial charge in [-0.1, -0.05) is 6.07 Å². The van der Waals surface area contributed by atoms with Crippen LogP contribution in [0.2, 0.25) is 0 Å². The fourth-order valence-electron chi connectivity index (χ4n) is 2.11. The van der Waals surface area contributed by atoms with Gasteiger partial charge in [-0.2, -0.15) is 0 Å². The van der Waals surface area contributed by atoms with Crippen molar-refractivity contribution < 1.29 is 4.74 Å². The predicted molar refractivity (Wildman–Crippen MR) is 70.0 cm³/mol. The molecule has 0 saturated heterocycles. The van der Waals surface area contributed by atoms with Crippen molar-refractivity contribution in [1.82, 2.24) is 0 Å². The van der Waals surface area contributed by atoms with Crippen LogP contribution in [-0.4, -0.2) is 13.2 Å². The van der Waals surface area contributed by atoms with E-state index in [0.29, 0.717) is 0 Å². The molecule has 0 aromatic heterocycles. The van der Waals surface area contributed by atoms with Gasteiger partial charge in [0, 0.05) is 0 Å². The van der Waals surface area contributed by atoms with E-state index in [-0.39, 0.29) is 0 Å². The van der Waals surface area contributed by atoms with Gasteiger partial charge in [-0.05, 0) is 71.8 Å². The molecule has 0 atom stereocenters. The average molecular weight is 284 g/mol. The molecule has 1 aliphatic heterocycles. The minimum absolute atomic E-state index is 0.787. The van der Waals surface area contributed by atoms with Crippen LogP contribution in [0.1, 0.15) is 30.4 Å². The highest BCUT2D eigenvalue weighted by molar-refractivity contribution is 9.10. The predicted octanol–water partition coefficient (Wildman–Crippen LogP) is 3.06. The zero-order chi connectivity index (χ0) is 11.4. The molecule has 1 aromatic rings. The lowest BCUT2D eigenvalue weighted by Crippen LogP contribution is -2.09. The summed E-state index contributed by atoms with van der Waals surface area (Å²) in [7, 11) is 0. The molecule has 0 bridgehead atoms. The van der Waals surface area contributed by atoms with E-state index >= 15 is 0 Å². The van der Waals surface area contributed by atoms with Crippen LogP contribution in [0.25, 0.3) is 0 Å². The van der Waals surface area contributed by atoms with Crippen molar-refractivity contribution in [3.05, 3.63) is 27.7 Å². The molecule has 2 nitrogen and oxygen atoms in total. The summed E-state index contributed by atoms with van der Waals surface area (Å²) in [6, 6.07) is 4.47. The monoisotopic (exact) mass is 283 g/mol. The Morgan fingerprint density at radius 3 is 3.00 bits per heavy atom. The maximum atomic E-state index is 5.67. The minimum Gasteiger partial charge on any atom is -0.492 e. The molecule has 88 valence electrons. The first kappa shape index (κ1) is 11.9. The topological polar surface area (TPSA) is 35.2 Å². The Morgan fingerprint density at radius 2 is 2.19 bits per heavy atom. The number of unbranched alkanes of at least 4 members (excludes halogenated alkanes) is 1. The molecule has 0 radical (unpaired) electrons. The maximum absolute atomic E-state index is 5.67. The Hall–Kier alpha value is -0.540. The van der Waals surface area contributed by atoms with Crippen LogP contribution in [0.15, 0.2) is 16.6 Å². The molecule has 0 aliphatic carbocycles. The van der Waals surface area contributed by atoms with Gasteiger partial charge in [0.15, 0.2) is 0 Å². The highest BCUT2D eigenvalue weighted by Crippen LogP contribution is 2.34. The van der Waals surface area contributed by atoms with Gasteiger partial charge in [-0.25, -0.2) is 0 Å². The standard InChI is InChI=1S/C13H18BrNO/c14-12-9-10(4-1-2-6-15)8-11-5-3-7-16-13(11)12/h8-9H,1-7,15H2. The number of halogens is 1. The zero-order valence-electron chi connectivity index (χ0n) is 9.47. The molecule has 0 saturated carbocycles. The van der Waals surface area contributed by atoms with Gasteiger partial charge < -0.3 is 10.5 Å². The number of fused-ring (bicyclic) bond motifs is 1. The van der Waals surface area contributed by atoms with Gasteiger partial charge in [0.1, 0.15) is 5.75 Å². The molecule has 3 heteroatoms. The summed E-state index contributed by atoms with van der Waals surface area (Å²) >= 11 is 3.59. The molecule has 0 unspecified atom stereocenters. The van der Waals surface area contributed by atoms with E-state index in [4.69, 9.17) is 10.5 Å². The second-order valence-corrected chi connectivity index (χ2v) is 5.12. The Bertz CT molecular complexity index is 365. The van der Waals surface area contributed by atoms with E-state index in [1.165, 1.54) is 17.5 Å². The third kappa shape index (κ3) is 2.77. The summed E-state index contributed by atoms with van der Waals surface area (Å²) < 4.78 is 6.77. The van der Waals surface area contributed by atoms with Crippen molar-refractivity contribution >= 4 is 15.9 Å². The summed E-state index contributed by atoms with van der Waals surface area (Å²) in [5.41, 5.74) is 8.25. The molecular formula is C13H18BrNO. The van der Waals surface area contributed by atoms with Crippen LogP contribution in [0.3, 0.4) is 0 Å². The number of hydrogen-bond acceptors (Lipinski definition) is 2. The fraction of sp³-hybridized carbons (Fsp3) is 0.538. The van der Waals surface area contributed by atoms with Gasteiger partial charge in [-0.3, -0.25) is 0 Å². The number of benzene rings is 1. The summed E-state index contributed by atoms with van der Waals surface area (Å²) in [6.07, 6.45) is 5.65. The van der Waals surface area contributed by atoms with Crippen molar-refractivity contribution in [3.63, 3.8) is 0 Å². The largest absolute Gasteiger partial charge is 0.492 e. The number of aryl methyl sites for hydroxylation is 2. The van der Waals surface area contributed by atoms with Crippen LogP contribution < -0.4 is 10.5 Å². The molecule has 1 heterocycles. The molecule has 0 amide bonds. The molecule has 2 N–H and O–H groups in total. The first-order chi connectivity index (χ1) is 7.81. The molecule has 0 spiro atoms. The van der Waals surface area contributed by atoms with Crippen molar-refractivity contribution in [1.29, 1.82) is 0 Å². The van der Waals surface area contributed by atoms with Gasteiger partial charge in [0.05, 0.1) is 11.1 Å². The number of rotatable bonds is 4. The summed E-state index contributed by atoms with van der Waals surface area (Å²) in [5.74, 6) is 1.05. The van der Waals surface area contributed by atoms with E-state index in [0.717, 1.165) is 49.1 Å². The second-order valence-electron chi connectivity index (χ2n) is 4.26. The van der Waals surface area contributed by atoms with Crippen LogP contribution in [0, 0.1) is 0 Å². The number of hydrogen-bond donors (Lipinski definition) is 1. The quantitative estimate of drug-likeness (QED) is 0.862. The van der Waals surface area contributed by atoms with Crippen molar-refractivity contribution in [3.8, 4) is 5.75 Å². The highest BCUT2D eigenvalue weighted by atomic mass is 79.9.